The lowest BCUT2D eigenvalue weighted by Crippen LogP contribution is -2.01. The first kappa shape index (κ1) is 10.8. The summed E-state index contributed by atoms with van der Waals surface area (Å²) in [5.41, 5.74) is 2.27. The number of rotatable bonds is 2. The Hall–Kier alpha value is -0.720. The molecule has 1 aromatic carbocycles. The molecule has 1 aliphatic rings. The molecule has 2 atom stereocenters. The van der Waals surface area contributed by atoms with Gasteiger partial charge >= 0.3 is 0 Å². The molecule has 0 aliphatic heterocycles. The van der Waals surface area contributed by atoms with E-state index < -0.39 is 0 Å². The molecular weight excluding hydrogens is 227 g/mol. The Kier molecular flexibility index (Phi) is 3.50. The van der Waals surface area contributed by atoms with Crippen molar-refractivity contribution in [2.75, 3.05) is 0 Å². The Morgan fingerprint density at radius 2 is 1.93 bits per heavy atom. The quantitative estimate of drug-likeness (QED) is 0.668. The molecule has 15 heavy (non-hydrogen) atoms. The van der Waals surface area contributed by atoms with Crippen LogP contribution < -0.4 is 0 Å². The van der Waals surface area contributed by atoms with Gasteiger partial charge in [0.05, 0.1) is 10.8 Å². The molecular formula is C13H12Cl2. The smallest absolute Gasteiger partial charge is 0.0832 e. The summed E-state index contributed by atoms with van der Waals surface area (Å²) in [5.74, 6) is 0. The second-order valence-corrected chi connectivity index (χ2v) is 4.59. The van der Waals surface area contributed by atoms with E-state index in [0.29, 0.717) is 0 Å². The van der Waals surface area contributed by atoms with Crippen molar-refractivity contribution in [3.05, 3.63) is 59.7 Å². The highest BCUT2D eigenvalue weighted by atomic mass is 35.5. The molecule has 0 aromatic heterocycles. The third-order valence-corrected chi connectivity index (χ3v) is 3.29. The molecule has 0 amide bonds. The van der Waals surface area contributed by atoms with E-state index in [1.165, 1.54) is 0 Å². The summed E-state index contributed by atoms with van der Waals surface area (Å²) in [7, 11) is 0. The van der Waals surface area contributed by atoms with Crippen LogP contribution in [0.15, 0.2) is 54.1 Å². The van der Waals surface area contributed by atoms with Crippen molar-refractivity contribution >= 4 is 23.2 Å². The maximum Gasteiger partial charge on any atom is 0.0832 e. The molecule has 2 unspecified atom stereocenters. The monoisotopic (exact) mass is 238 g/mol. The van der Waals surface area contributed by atoms with E-state index in [9.17, 15) is 0 Å². The molecule has 0 radical (unpaired) electrons. The zero-order valence-corrected chi connectivity index (χ0v) is 9.75. The standard InChI is InChI=1S/C13H12Cl2/c14-12-8-6-11(7-9-12)13(15)10-4-2-1-3-5-10/h1-8,12-13H,9H2. The van der Waals surface area contributed by atoms with Crippen LogP contribution in [-0.4, -0.2) is 5.38 Å². The minimum Gasteiger partial charge on any atom is -0.118 e. The maximum absolute atomic E-state index is 6.37. The fourth-order valence-corrected chi connectivity index (χ4v) is 2.08. The maximum atomic E-state index is 6.37. The first-order valence-corrected chi connectivity index (χ1v) is 5.86. The van der Waals surface area contributed by atoms with Crippen molar-refractivity contribution in [2.24, 2.45) is 0 Å². The lowest BCUT2D eigenvalue weighted by Gasteiger charge is -2.15. The zero-order valence-electron chi connectivity index (χ0n) is 8.24. The Labute approximate surface area is 100 Å². The molecule has 0 heterocycles. The van der Waals surface area contributed by atoms with Gasteiger partial charge in [-0.3, -0.25) is 0 Å². The van der Waals surface area contributed by atoms with Crippen LogP contribution in [0.25, 0.3) is 0 Å². The molecule has 0 spiro atoms. The number of allylic oxidation sites excluding steroid dienone is 4. The van der Waals surface area contributed by atoms with Gasteiger partial charge in [0.2, 0.25) is 0 Å². The Morgan fingerprint density at radius 1 is 1.20 bits per heavy atom. The third-order valence-electron chi connectivity index (χ3n) is 2.46. The van der Waals surface area contributed by atoms with Gasteiger partial charge in [-0.1, -0.05) is 48.6 Å². The van der Waals surface area contributed by atoms with Crippen molar-refractivity contribution in [2.45, 2.75) is 17.2 Å². The van der Waals surface area contributed by atoms with Crippen LogP contribution in [0.1, 0.15) is 17.4 Å². The van der Waals surface area contributed by atoms with Crippen LogP contribution in [-0.2, 0) is 0 Å². The minimum atomic E-state index is -0.0633. The van der Waals surface area contributed by atoms with Crippen LogP contribution in [0.3, 0.4) is 0 Å². The zero-order chi connectivity index (χ0) is 10.7. The van der Waals surface area contributed by atoms with Gasteiger partial charge in [0.1, 0.15) is 0 Å². The van der Waals surface area contributed by atoms with Crippen molar-refractivity contribution in [1.82, 2.24) is 0 Å². The SMILES string of the molecule is ClC1C=CC(C(Cl)c2ccccc2)=CC1. The Morgan fingerprint density at radius 3 is 2.53 bits per heavy atom. The number of halogens is 2. The van der Waals surface area contributed by atoms with Crippen molar-refractivity contribution in [3.63, 3.8) is 0 Å². The predicted molar refractivity (Wildman–Crippen MR) is 66.5 cm³/mol. The highest BCUT2D eigenvalue weighted by Gasteiger charge is 2.14. The average molecular weight is 239 g/mol. The highest BCUT2D eigenvalue weighted by molar-refractivity contribution is 6.23. The minimum absolute atomic E-state index is 0.0633. The first-order chi connectivity index (χ1) is 7.27. The molecule has 0 N–H and O–H groups in total. The Balaban J connectivity index is 2.16. The molecule has 0 saturated carbocycles. The fraction of sp³-hybridized carbons (Fsp3) is 0.231. The molecule has 0 nitrogen and oxygen atoms in total. The predicted octanol–water partition coefficient (Wildman–Crippen LogP) is 4.46. The first-order valence-electron chi connectivity index (χ1n) is 4.98. The van der Waals surface area contributed by atoms with Crippen LogP contribution in [0.5, 0.6) is 0 Å². The van der Waals surface area contributed by atoms with Gasteiger partial charge in [0.25, 0.3) is 0 Å². The lowest BCUT2D eigenvalue weighted by atomic mass is 9.99. The van der Waals surface area contributed by atoms with Gasteiger partial charge in [-0.05, 0) is 17.6 Å². The number of hydrogen-bond donors (Lipinski definition) is 0. The normalized spacial score (nSPS) is 22.3. The van der Waals surface area contributed by atoms with E-state index in [4.69, 9.17) is 23.2 Å². The summed E-state index contributed by atoms with van der Waals surface area (Å²) in [6.07, 6.45) is 6.99. The van der Waals surface area contributed by atoms with E-state index in [1.807, 2.05) is 42.5 Å². The highest BCUT2D eigenvalue weighted by Crippen LogP contribution is 2.32. The van der Waals surface area contributed by atoms with Crippen LogP contribution in [0.2, 0.25) is 0 Å². The van der Waals surface area contributed by atoms with Gasteiger partial charge in [0.15, 0.2) is 0 Å². The number of alkyl halides is 2. The summed E-state index contributed by atoms with van der Waals surface area (Å²) in [6.45, 7) is 0. The largest absolute Gasteiger partial charge is 0.118 e. The van der Waals surface area contributed by atoms with E-state index >= 15 is 0 Å². The van der Waals surface area contributed by atoms with Gasteiger partial charge < -0.3 is 0 Å². The lowest BCUT2D eigenvalue weighted by molar-refractivity contribution is 0.990. The molecule has 2 heteroatoms. The van der Waals surface area contributed by atoms with Gasteiger partial charge in [-0.15, -0.1) is 23.2 Å². The molecule has 1 aromatic rings. The summed E-state index contributed by atoms with van der Waals surface area (Å²) >= 11 is 12.3. The average Bonchev–Trinajstić information content (AvgIpc) is 2.30. The van der Waals surface area contributed by atoms with Crippen molar-refractivity contribution in [1.29, 1.82) is 0 Å². The Bertz CT molecular complexity index is 379. The number of hydrogen-bond acceptors (Lipinski definition) is 0. The van der Waals surface area contributed by atoms with Gasteiger partial charge in [-0.2, -0.15) is 0 Å². The second kappa shape index (κ2) is 4.87. The molecule has 2 rings (SSSR count). The summed E-state index contributed by atoms with van der Waals surface area (Å²) < 4.78 is 0. The van der Waals surface area contributed by atoms with Gasteiger partial charge in [-0.25, -0.2) is 0 Å². The van der Waals surface area contributed by atoms with Crippen LogP contribution in [0.4, 0.5) is 0 Å². The van der Waals surface area contributed by atoms with Crippen LogP contribution in [0, 0.1) is 0 Å². The van der Waals surface area contributed by atoms with E-state index in [0.717, 1.165) is 17.6 Å². The van der Waals surface area contributed by atoms with E-state index in [-0.39, 0.29) is 10.8 Å². The number of benzene rings is 1. The second-order valence-electron chi connectivity index (χ2n) is 3.59. The van der Waals surface area contributed by atoms with Gasteiger partial charge in [0, 0.05) is 0 Å². The molecule has 1 aliphatic carbocycles. The summed E-state index contributed by atoms with van der Waals surface area (Å²) in [6, 6.07) is 10.1. The third kappa shape index (κ3) is 2.64. The van der Waals surface area contributed by atoms with Crippen molar-refractivity contribution in [3.8, 4) is 0 Å². The van der Waals surface area contributed by atoms with Crippen molar-refractivity contribution < 1.29 is 0 Å². The molecule has 78 valence electrons. The topological polar surface area (TPSA) is 0 Å². The fourth-order valence-electron chi connectivity index (χ4n) is 1.61. The summed E-state index contributed by atoms with van der Waals surface area (Å²) in [5, 5.41) is 0.0556. The van der Waals surface area contributed by atoms with E-state index in [2.05, 4.69) is 6.08 Å². The van der Waals surface area contributed by atoms with Crippen LogP contribution >= 0.6 is 23.2 Å². The van der Waals surface area contributed by atoms with E-state index in [1.54, 1.807) is 0 Å². The summed E-state index contributed by atoms with van der Waals surface area (Å²) in [4.78, 5) is 0. The molecule has 0 fully saturated rings. The molecule has 0 saturated heterocycles. The molecule has 0 bridgehead atoms.